The molecule has 0 radical (unpaired) electrons. The van der Waals surface area contributed by atoms with Gasteiger partial charge in [-0.2, -0.15) is 5.26 Å². The molecule has 1 aliphatic rings. The Balaban J connectivity index is 1.82. The minimum Gasteiger partial charge on any atom is -0.356 e. The fourth-order valence-corrected chi connectivity index (χ4v) is 2.94. The van der Waals surface area contributed by atoms with E-state index in [0.717, 1.165) is 36.7 Å². The highest BCUT2D eigenvalue weighted by atomic mass is 16.1. The van der Waals surface area contributed by atoms with Crippen molar-refractivity contribution >= 4 is 11.8 Å². The largest absolute Gasteiger partial charge is 0.356 e. The van der Waals surface area contributed by atoms with Gasteiger partial charge in [-0.1, -0.05) is 0 Å². The quantitative estimate of drug-likeness (QED) is 0.918. The van der Waals surface area contributed by atoms with Crippen LogP contribution in [0, 0.1) is 18.3 Å². The van der Waals surface area contributed by atoms with Crippen LogP contribution in [-0.4, -0.2) is 42.1 Å². The van der Waals surface area contributed by atoms with Gasteiger partial charge in [0.15, 0.2) is 0 Å². The van der Waals surface area contributed by atoms with Gasteiger partial charge in [0.2, 0.25) is 5.95 Å². The minimum absolute atomic E-state index is 0.130. The first kappa shape index (κ1) is 16.0. The molecular weight excluding hydrogens is 304 g/mol. The van der Waals surface area contributed by atoms with Crippen LogP contribution in [0.15, 0.2) is 23.0 Å². The summed E-state index contributed by atoms with van der Waals surface area (Å²) >= 11 is 0. The van der Waals surface area contributed by atoms with Gasteiger partial charge < -0.3 is 9.80 Å². The standard InChI is InChI=1S/C17H20N6O/c1-11-12(9-18)4-5-15(19-11)23-7-6-13(10-23)14-8-16(24)21-17(20-14)22(2)3/h4-5,8,13H,6-7,10H2,1-3H3,(H,20,21,24). The Morgan fingerprint density at radius 1 is 1.38 bits per heavy atom. The number of aromatic amines is 1. The maximum atomic E-state index is 11.9. The molecule has 24 heavy (non-hydrogen) atoms. The van der Waals surface area contributed by atoms with Gasteiger partial charge in [0.1, 0.15) is 11.9 Å². The van der Waals surface area contributed by atoms with Crippen LogP contribution >= 0.6 is 0 Å². The van der Waals surface area contributed by atoms with Crippen LogP contribution < -0.4 is 15.4 Å². The molecule has 7 heteroatoms. The Labute approximate surface area is 140 Å². The third-order valence-corrected chi connectivity index (χ3v) is 4.29. The van der Waals surface area contributed by atoms with E-state index in [-0.39, 0.29) is 11.5 Å². The number of hydrogen-bond acceptors (Lipinski definition) is 6. The highest BCUT2D eigenvalue weighted by molar-refractivity contribution is 5.46. The van der Waals surface area contributed by atoms with Gasteiger partial charge in [-0.05, 0) is 25.5 Å². The smallest absolute Gasteiger partial charge is 0.252 e. The molecule has 1 fully saturated rings. The number of hydrogen-bond donors (Lipinski definition) is 1. The van der Waals surface area contributed by atoms with Gasteiger partial charge in [-0.15, -0.1) is 0 Å². The molecule has 1 saturated heterocycles. The molecule has 1 aliphatic heterocycles. The molecule has 1 atom stereocenters. The van der Waals surface area contributed by atoms with Gasteiger partial charge in [0.05, 0.1) is 17.0 Å². The van der Waals surface area contributed by atoms with Crippen molar-refractivity contribution in [3.63, 3.8) is 0 Å². The van der Waals surface area contributed by atoms with Crippen molar-refractivity contribution in [3.05, 3.63) is 45.5 Å². The number of anilines is 2. The van der Waals surface area contributed by atoms with Crippen LogP contribution in [0.3, 0.4) is 0 Å². The lowest BCUT2D eigenvalue weighted by Crippen LogP contribution is -2.23. The fraction of sp³-hybridized carbons (Fsp3) is 0.412. The minimum atomic E-state index is -0.130. The maximum Gasteiger partial charge on any atom is 0.252 e. The molecule has 3 heterocycles. The van der Waals surface area contributed by atoms with Gasteiger partial charge >= 0.3 is 0 Å². The van der Waals surface area contributed by atoms with Crippen molar-refractivity contribution in [1.82, 2.24) is 15.0 Å². The van der Waals surface area contributed by atoms with E-state index < -0.39 is 0 Å². The molecule has 7 nitrogen and oxygen atoms in total. The lowest BCUT2D eigenvalue weighted by molar-refractivity contribution is 0.733. The molecule has 2 aromatic heterocycles. The number of nitrogens with zero attached hydrogens (tertiary/aromatic N) is 5. The number of H-pyrrole nitrogens is 1. The molecule has 1 N–H and O–H groups in total. The average molecular weight is 324 g/mol. The summed E-state index contributed by atoms with van der Waals surface area (Å²) < 4.78 is 0. The van der Waals surface area contributed by atoms with E-state index in [2.05, 4.69) is 25.9 Å². The Morgan fingerprint density at radius 3 is 2.83 bits per heavy atom. The van der Waals surface area contributed by atoms with Crippen molar-refractivity contribution in [2.75, 3.05) is 37.0 Å². The van der Waals surface area contributed by atoms with Crippen LogP contribution in [-0.2, 0) is 0 Å². The number of rotatable bonds is 3. The monoisotopic (exact) mass is 324 g/mol. The van der Waals surface area contributed by atoms with Crippen molar-refractivity contribution in [2.45, 2.75) is 19.3 Å². The summed E-state index contributed by atoms with van der Waals surface area (Å²) in [6.45, 7) is 3.47. The Bertz CT molecular complexity index is 851. The van der Waals surface area contributed by atoms with E-state index in [4.69, 9.17) is 5.26 Å². The molecular formula is C17H20N6O. The van der Waals surface area contributed by atoms with Crippen LogP contribution in [0.1, 0.15) is 29.3 Å². The van der Waals surface area contributed by atoms with E-state index >= 15 is 0 Å². The normalized spacial score (nSPS) is 16.9. The molecule has 0 spiro atoms. The molecule has 0 aliphatic carbocycles. The number of nitriles is 1. The third kappa shape index (κ3) is 3.08. The van der Waals surface area contributed by atoms with Crippen LogP contribution in [0.25, 0.3) is 0 Å². The van der Waals surface area contributed by atoms with E-state index in [1.54, 1.807) is 17.0 Å². The van der Waals surface area contributed by atoms with Gasteiger partial charge in [0, 0.05) is 39.2 Å². The van der Waals surface area contributed by atoms with Crippen molar-refractivity contribution < 1.29 is 0 Å². The highest BCUT2D eigenvalue weighted by Crippen LogP contribution is 2.29. The van der Waals surface area contributed by atoms with Crippen LogP contribution in [0.4, 0.5) is 11.8 Å². The maximum absolute atomic E-state index is 11.9. The number of aromatic nitrogens is 3. The van der Waals surface area contributed by atoms with Crippen LogP contribution in [0.2, 0.25) is 0 Å². The molecule has 1 unspecified atom stereocenters. The first-order valence-corrected chi connectivity index (χ1v) is 7.89. The Kier molecular flexibility index (Phi) is 4.21. The van der Waals surface area contributed by atoms with Crippen molar-refractivity contribution in [3.8, 4) is 6.07 Å². The predicted molar refractivity (Wildman–Crippen MR) is 92.4 cm³/mol. The molecule has 0 saturated carbocycles. The lowest BCUT2D eigenvalue weighted by atomic mass is 10.1. The topological polar surface area (TPSA) is 88.9 Å². The van der Waals surface area contributed by atoms with Gasteiger partial charge in [-0.3, -0.25) is 9.78 Å². The third-order valence-electron chi connectivity index (χ3n) is 4.29. The fourth-order valence-electron chi connectivity index (χ4n) is 2.94. The lowest BCUT2D eigenvalue weighted by Gasteiger charge is -2.18. The van der Waals surface area contributed by atoms with E-state index in [9.17, 15) is 4.79 Å². The van der Waals surface area contributed by atoms with Crippen molar-refractivity contribution in [2.24, 2.45) is 0 Å². The molecule has 124 valence electrons. The summed E-state index contributed by atoms with van der Waals surface area (Å²) in [6.07, 6.45) is 0.921. The summed E-state index contributed by atoms with van der Waals surface area (Å²) in [4.78, 5) is 27.7. The van der Waals surface area contributed by atoms with E-state index in [0.29, 0.717) is 11.5 Å². The first-order chi connectivity index (χ1) is 11.5. The van der Waals surface area contributed by atoms with Gasteiger partial charge in [-0.25, -0.2) is 9.97 Å². The van der Waals surface area contributed by atoms with Gasteiger partial charge in [0.25, 0.3) is 5.56 Å². The first-order valence-electron chi connectivity index (χ1n) is 7.89. The Morgan fingerprint density at radius 2 is 2.17 bits per heavy atom. The van der Waals surface area contributed by atoms with E-state index in [1.165, 1.54) is 0 Å². The highest BCUT2D eigenvalue weighted by Gasteiger charge is 2.27. The zero-order valence-electron chi connectivity index (χ0n) is 14.1. The number of nitrogens with one attached hydrogen (secondary N) is 1. The van der Waals surface area contributed by atoms with Crippen molar-refractivity contribution in [1.29, 1.82) is 5.26 Å². The molecule has 2 aromatic rings. The van der Waals surface area contributed by atoms with E-state index in [1.807, 2.05) is 27.1 Å². The number of aryl methyl sites for hydroxylation is 1. The molecule has 0 amide bonds. The zero-order chi connectivity index (χ0) is 17.3. The second kappa shape index (κ2) is 6.32. The molecule has 0 bridgehead atoms. The predicted octanol–water partition coefficient (Wildman–Crippen LogP) is 1.40. The summed E-state index contributed by atoms with van der Waals surface area (Å²) in [5.74, 6) is 1.64. The molecule has 0 aromatic carbocycles. The van der Waals surface area contributed by atoms with Crippen LogP contribution in [0.5, 0.6) is 0 Å². The summed E-state index contributed by atoms with van der Waals surface area (Å²) in [6, 6.07) is 7.40. The summed E-state index contributed by atoms with van der Waals surface area (Å²) in [5, 5.41) is 9.01. The second-order valence-corrected chi connectivity index (χ2v) is 6.23. The number of pyridine rings is 1. The second-order valence-electron chi connectivity index (χ2n) is 6.23. The SMILES string of the molecule is Cc1nc(N2CCC(c3cc(=O)[nH]c(N(C)C)n3)C2)ccc1C#N. The molecule has 3 rings (SSSR count). The summed E-state index contributed by atoms with van der Waals surface area (Å²) in [5.41, 5.74) is 2.02. The zero-order valence-corrected chi connectivity index (χ0v) is 14.1. The average Bonchev–Trinajstić information content (AvgIpc) is 3.04. The Hall–Kier alpha value is -2.88. The summed E-state index contributed by atoms with van der Waals surface area (Å²) in [7, 11) is 3.71.